The molecule has 4 aromatic rings. The number of methoxy groups -OCH3 is 1. The van der Waals surface area contributed by atoms with E-state index in [1.807, 2.05) is 51.1 Å². The SMILES string of the molecule is COc1ccccc1-n1ccn2c(SC(C)C(=O)c3ccc(C)c(C)c3)nnc2c1=O. The molecule has 1 atom stereocenters. The van der Waals surface area contributed by atoms with Gasteiger partial charge >= 0.3 is 5.56 Å². The first kappa shape index (κ1) is 20.9. The molecule has 0 spiro atoms. The van der Waals surface area contributed by atoms with E-state index >= 15 is 0 Å². The van der Waals surface area contributed by atoms with Crippen LogP contribution >= 0.6 is 11.8 Å². The Balaban J connectivity index is 1.65. The zero-order valence-corrected chi connectivity index (χ0v) is 18.5. The number of carbonyl (C=O) groups excluding carboxylic acids is 1. The van der Waals surface area contributed by atoms with E-state index in [2.05, 4.69) is 10.2 Å². The van der Waals surface area contributed by atoms with E-state index in [9.17, 15) is 9.59 Å². The molecular formula is C23H22N4O3S. The average Bonchev–Trinajstić information content (AvgIpc) is 3.19. The van der Waals surface area contributed by atoms with Gasteiger partial charge in [0.2, 0.25) is 5.65 Å². The first-order valence-corrected chi connectivity index (χ1v) is 10.7. The summed E-state index contributed by atoms with van der Waals surface area (Å²) < 4.78 is 8.45. The summed E-state index contributed by atoms with van der Waals surface area (Å²) in [5.41, 5.74) is 3.36. The van der Waals surface area contributed by atoms with Crippen LogP contribution in [-0.4, -0.2) is 37.3 Å². The van der Waals surface area contributed by atoms with Crippen molar-refractivity contribution in [3.63, 3.8) is 0 Å². The van der Waals surface area contributed by atoms with E-state index in [1.165, 1.54) is 16.3 Å². The molecule has 7 nitrogen and oxygen atoms in total. The van der Waals surface area contributed by atoms with Crippen molar-refractivity contribution >= 4 is 23.2 Å². The molecular weight excluding hydrogens is 412 g/mol. The monoisotopic (exact) mass is 434 g/mol. The summed E-state index contributed by atoms with van der Waals surface area (Å²) >= 11 is 1.28. The number of ketones is 1. The van der Waals surface area contributed by atoms with Crippen LogP contribution in [0.4, 0.5) is 0 Å². The average molecular weight is 435 g/mol. The maximum absolute atomic E-state index is 13.0. The van der Waals surface area contributed by atoms with Crippen LogP contribution in [0.15, 0.2) is 64.8 Å². The van der Waals surface area contributed by atoms with Crippen molar-refractivity contribution in [3.8, 4) is 11.4 Å². The first-order chi connectivity index (χ1) is 14.9. The molecule has 8 heteroatoms. The Kier molecular flexibility index (Phi) is 5.65. The van der Waals surface area contributed by atoms with Gasteiger partial charge in [-0.2, -0.15) is 0 Å². The highest BCUT2D eigenvalue weighted by atomic mass is 32.2. The van der Waals surface area contributed by atoms with Crippen LogP contribution in [0.5, 0.6) is 5.75 Å². The topological polar surface area (TPSA) is 78.5 Å². The van der Waals surface area contributed by atoms with Crippen molar-refractivity contribution in [2.45, 2.75) is 31.2 Å². The standard InChI is InChI=1S/C23H22N4O3S/c1-14-9-10-17(13-15(14)2)20(28)16(3)31-23-25-24-21-22(29)26(11-12-27(21)23)18-7-5-6-8-19(18)30-4/h5-13,16H,1-4H3. The zero-order chi connectivity index (χ0) is 22.1. The molecule has 2 aromatic heterocycles. The van der Waals surface area contributed by atoms with Gasteiger partial charge in [0, 0.05) is 18.0 Å². The molecule has 0 saturated carbocycles. The molecule has 0 fully saturated rings. The Labute approximate surface area is 183 Å². The normalized spacial score (nSPS) is 12.1. The molecule has 0 aliphatic heterocycles. The zero-order valence-electron chi connectivity index (χ0n) is 17.7. The van der Waals surface area contributed by atoms with E-state index in [1.54, 1.807) is 36.0 Å². The molecule has 0 radical (unpaired) electrons. The number of aryl methyl sites for hydroxylation is 2. The number of rotatable bonds is 6. The third-order valence-corrected chi connectivity index (χ3v) is 6.28. The number of hydrogen-bond acceptors (Lipinski definition) is 6. The molecule has 0 aliphatic rings. The highest BCUT2D eigenvalue weighted by Gasteiger charge is 2.21. The van der Waals surface area contributed by atoms with Gasteiger partial charge in [-0.3, -0.25) is 18.6 Å². The summed E-state index contributed by atoms with van der Waals surface area (Å²) in [7, 11) is 1.56. The van der Waals surface area contributed by atoms with Crippen LogP contribution in [0.3, 0.4) is 0 Å². The number of hydrogen-bond donors (Lipinski definition) is 0. The largest absolute Gasteiger partial charge is 0.495 e. The van der Waals surface area contributed by atoms with E-state index in [-0.39, 0.29) is 22.2 Å². The van der Waals surface area contributed by atoms with Gasteiger partial charge < -0.3 is 4.74 Å². The summed E-state index contributed by atoms with van der Waals surface area (Å²) in [5, 5.41) is 8.34. The van der Waals surface area contributed by atoms with Crippen LogP contribution in [0.25, 0.3) is 11.3 Å². The minimum absolute atomic E-state index is 0.00668. The molecule has 158 valence electrons. The summed E-state index contributed by atoms with van der Waals surface area (Å²) in [6, 6.07) is 13.0. The molecule has 2 aromatic carbocycles. The number of thioether (sulfide) groups is 1. The van der Waals surface area contributed by atoms with Crippen molar-refractivity contribution in [2.24, 2.45) is 0 Å². The third-order valence-electron chi connectivity index (χ3n) is 5.23. The van der Waals surface area contributed by atoms with Crippen LogP contribution < -0.4 is 10.3 Å². The van der Waals surface area contributed by atoms with Crippen molar-refractivity contribution in [2.75, 3.05) is 7.11 Å². The van der Waals surface area contributed by atoms with Gasteiger partial charge in [-0.1, -0.05) is 36.0 Å². The number of Topliss-reactive ketones (excluding diaryl/α,β-unsaturated/α-hetero) is 1. The van der Waals surface area contributed by atoms with Crippen molar-refractivity contribution in [1.29, 1.82) is 0 Å². The van der Waals surface area contributed by atoms with E-state index in [4.69, 9.17) is 4.74 Å². The molecule has 2 heterocycles. The number of para-hydroxylation sites is 2. The molecule has 1 unspecified atom stereocenters. The van der Waals surface area contributed by atoms with Gasteiger partial charge in [-0.25, -0.2) is 0 Å². The minimum Gasteiger partial charge on any atom is -0.495 e. The lowest BCUT2D eigenvalue weighted by molar-refractivity contribution is 0.0993. The fourth-order valence-corrected chi connectivity index (χ4v) is 4.21. The Bertz CT molecular complexity index is 1340. The predicted molar refractivity (Wildman–Crippen MR) is 121 cm³/mol. The lowest BCUT2D eigenvalue weighted by Gasteiger charge is -2.12. The molecule has 0 aliphatic carbocycles. The van der Waals surface area contributed by atoms with E-state index < -0.39 is 0 Å². The van der Waals surface area contributed by atoms with Gasteiger partial charge in [-0.15, -0.1) is 10.2 Å². The Morgan fingerprint density at radius 1 is 1.06 bits per heavy atom. The van der Waals surface area contributed by atoms with Crippen LogP contribution in [-0.2, 0) is 0 Å². The molecule has 31 heavy (non-hydrogen) atoms. The number of benzene rings is 2. The second-order valence-corrected chi connectivity index (χ2v) is 8.55. The predicted octanol–water partition coefficient (Wildman–Crippen LogP) is 3.87. The molecule has 0 N–H and O–H groups in total. The summed E-state index contributed by atoms with van der Waals surface area (Å²) in [6.07, 6.45) is 3.37. The Morgan fingerprint density at radius 3 is 2.58 bits per heavy atom. The Morgan fingerprint density at radius 2 is 1.84 bits per heavy atom. The van der Waals surface area contributed by atoms with Gasteiger partial charge in [-0.05, 0) is 50.1 Å². The fraction of sp³-hybridized carbons (Fsp3) is 0.217. The van der Waals surface area contributed by atoms with Crippen LogP contribution in [0.1, 0.15) is 28.4 Å². The fourth-order valence-electron chi connectivity index (χ4n) is 3.31. The third kappa shape index (κ3) is 3.86. The van der Waals surface area contributed by atoms with Crippen LogP contribution in [0, 0.1) is 13.8 Å². The quantitative estimate of drug-likeness (QED) is 0.339. The maximum atomic E-state index is 13.0. The Hall–Kier alpha value is -3.39. The van der Waals surface area contributed by atoms with Crippen molar-refractivity contribution < 1.29 is 9.53 Å². The highest BCUT2D eigenvalue weighted by molar-refractivity contribution is 8.00. The van der Waals surface area contributed by atoms with Gasteiger partial charge in [0.1, 0.15) is 5.75 Å². The number of carbonyl (C=O) groups is 1. The summed E-state index contributed by atoms with van der Waals surface area (Å²) in [6.45, 7) is 5.84. The lowest BCUT2D eigenvalue weighted by atomic mass is 10.0. The van der Waals surface area contributed by atoms with E-state index in [0.717, 1.165) is 11.1 Å². The summed E-state index contributed by atoms with van der Waals surface area (Å²) in [4.78, 5) is 25.9. The van der Waals surface area contributed by atoms with E-state index in [0.29, 0.717) is 22.2 Å². The molecule has 0 amide bonds. The maximum Gasteiger partial charge on any atom is 0.300 e. The number of aromatic nitrogens is 4. The van der Waals surface area contributed by atoms with Gasteiger partial charge in [0.15, 0.2) is 10.9 Å². The van der Waals surface area contributed by atoms with Gasteiger partial charge in [0.25, 0.3) is 0 Å². The smallest absolute Gasteiger partial charge is 0.300 e. The number of ether oxygens (including phenoxy) is 1. The number of nitrogens with zero attached hydrogens (tertiary/aromatic N) is 4. The first-order valence-electron chi connectivity index (χ1n) is 9.78. The highest BCUT2D eigenvalue weighted by Crippen LogP contribution is 2.26. The van der Waals surface area contributed by atoms with Gasteiger partial charge in [0.05, 0.1) is 18.0 Å². The van der Waals surface area contributed by atoms with Crippen LogP contribution in [0.2, 0.25) is 0 Å². The number of fused-ring (bicyclic) bond motifs is 1. The summed E-state index contributed by atoms with van der Waals surface area (Å²) in [5.74, 6) is 0.586. The molecule has 4 rings (SSSR count). The van der Waals surface area contributed by atoms with Crippen molar-refractivity contribution in [1.82, 2.24) is 19.2 Å². The molecule has 0 bridgehead atoms. The lowest BCUT2D eigenvalue weighted by Crippen LogP contribution is -2.21. The second-order valence-electron chi connectivity index (χ2n) is 7.24. The second kappa shape index (κ2) is 8.39. The van der Waals surface area contributed by atoms with Crippen molar-refractivity contribution in [3.05, 3.63) is 81.9 Å². The molecule has 0 saturated heterocycles. The minimum atomic E-state index is -0.383.